The van der Waals surface area contributed by atoms with Crippen molar-refractivity contribution in [2.45, 2.75) is 0 Å². The van der Waals surface area contributed by atoms with Gasteiger partial charge in [-0.15, -0.1) is 0 Å². The van der Waals surface area contributed by atoms with Crippen LogP contribution in [0, 0.1) is 0 Å². The van der Waals surface area contributed by atoms with Gasteiger partial charge >= 0.3 is 0 Å². The number of likely N-dealkylation sites (N-methyl/N-ethyl adjacent to an activating group) is 1. The van der Waals surface area contributed by atoms with Crippen LogP contribution in [0.4, 0.5) is 0 Å². The highest BCUT2D eigenvalue weighted by atomic mass is 16.5. The molecule has 3 aromatic rings. The summed E-state index contributed by atoms with van der Waals surface area (Å²) in [5.74, 6) is 0.562. The summed E-state index contributed by atoms with van der Waals surface area (Å²) in [7, 11) is 3.35. The Kier molecular flexibility index (Phi) is 5.81. The van der Waals surface area contributed by atoms with Crippen LogP contribution in [0.3, 0.4) is 0 Å². The van der Waals surface area contributed by atoms with E-state index in [0.29, 0.717) is 18.9 Å². The molecule has 1 heterocycles. The fourth-order valence-corrected chi connectivity index (χ4v) is 2.62. The van der Waals surface area contributed by atoms with E-state index in [-0.39, 0.29) is 12.5 Å². The number of hydrogen-bond donors (Lipinski definition) is 0. The lowest BCUT2D eigenvalue weighted by atomic mass is 10.1. The quantitative estimate of drug-likeness (QED) is 0.655. The van der Waals surface area contributed by atoms with Crippen molar-refractivity contribution in [3.8, 4) is 17.0 Å². The first-order valence-corrected chi connectivity index (χ1v) is 8.50. The molecule has 2 aromatic carbocycles. The number of hydrogen-bond acceptors (Lipinski definition) is 4. The summed E-state index contributed by atoms with van der Waals surface area (Å²) in [6, 6.07) is 19.6. The Morgan fingerprint density at radius 1 is 1.08 bits per heavy atom. The topological polar surface area (TPSA) is 51.7 Å². The predicted octanol–water partition coefficient (Wildman–Crippen LogP) is 3.39. The van der Waals surface area contributed by atoms with Gasteiger partial charge < -0.3 is 14.4 Å². The Balaban J connectivity index is 1.86. The van der Waals surface area contributed by atoms with Crippen LogP contribution in [0.15, 0.2) is 60.7 Å². The van der Waals surface area contributed by atoms with Gasteiger partial charge in [0.05, 0.1) is 17.8 Å². The van der Waals surface area contributed by atoms with E-state index in [1.54, 1.807) is 19.1 Å². The number of amides is 1. The summed E-state index contributed by atoms with van der Waals surface area (Å²) in [5, 5.41) is 0.888. The molecule has 5 nitrogen and oxygen atoms in total. The molecule has 0 aliphatic rings. The highest BCUT2D eigenvalue weighted by Gasteiger charge is 2.12. The Morgan fingerprint density at radius 2 is 1.81 bits per heavy atom. The van der Waals surface area contributed by atoms with E-state index in [1.807, 2.05) is 60.7 Å². The van der Waals surface area contributed by atoms with Gasteiger partial charge in [0.15, 0.2) is 6.61 Å². The number of ether oxygens (including phenoxy) is 2. The van der Waals surface area contributed by atoms with Gasteiger partial charge in [-0.25, -0.2) is 4.98 Å². The van der Waals surface area contributed by atoms with Gasteiger partial charge in [-0.3, -0.25) is 4.79 Å². The lowest BCUT2D eigenvalue weighted by Crippen LogP contribution is -2.33. The molecule has 0 N–H and O–H groups in total. The summed E-state index contributed by atoms with van der Waals surface area (Å²) < 4.78 is 10.9. The molecule has 3 rings (SSSR count). The first-order chi connectivity index (χ1) is 12.7. The van der Waals surface area contributed by atoms with E-state index in [9.17, 15) is 4.79 Å². The van der Waals surface area contributed by atoms with Gasteiger partial charge in [0, 0.05) is 37.7 Å². The fraction of sp³-hybridized carbons (Fsp3) is 0.238. The van der Waals surface area contributed by atoms with E-state index in [1.165, 1.54) is 0 Å². The molecule has 0 atom stereocenters. The minimum atomic E-state index is -0.0933. The summed E-state index contributed by atoms with van der Waals surface area (Å²) in [5.41, 5.74) is 2.66. The highest BCUT2D eigenvalue weighted by Crippen LogP contribution is 2.29. The SMILES string of the molecule is COCCN(C)C(=O)COc1cc(-c2ccccc2)nc2ccccc12. The zero-order valence-electron chi connectivity index (χ0n) is 15.0. The van der Waals surface area contributed by atoms with Gasteiger partial charge in [-0.2, -0.15) is 0 Å². The molecule has 1 amide bonds. The van der Waals surface area contributed by atoms with Crippen LogP contribution in [-0.4, -0.2) is 49.7 Å². The zero-order valence-corrected chi connectivity index (χ0v) is 15.0. The van der Waals surface area contributed by atoms with Gasteiger partial charge in [-0.05, 0) is 12.1 Å². The van der Waals surface area contributed by atoms with Crippen LogP contribution >= 0.6 is 0 Å². The van der Waals surface area contributed by atoms with E-state index >= 15 is 0 Å². The molecule has 0 bridgehead atoms. The van der Waals surface area contributed by atoms with E-state index in [2.05, 4.69) is 0 Å². The number of carbonyl (C=O) groups excluding carboxylic acids is 1. The Labute approximate surface area is 153 Å². The first kappa shape index (κ1) is 17.9. The van der Waals surface area contributed by atoms with Crippen molar-refractivity contribution in [3.63, 3.8) is 0 Å². The number of fused-ring (bicyclic) bond motifs is 1. The maximum absolute atomic E-state index is 12.2. The summed E-state index contributed by atoms with van der Waals surface area (Å²) in [6.45, 7) is 1.01. The minimum absolute atomic E-state index is 0.0253. The maximum atomic E-state index is 12.2. The average molecular weight is 350 g/mol. The van der Waals surface area contributed by atoms with Gasteiger partial charge in [0.25, 0.3) is 5.91 Å². The number of pyridine rings is 1. The van der Waals surface area contributed by atoms with Crippen LogP contribution in [0.5, 0.6) is 5.75 Å². The Bertz CT molecular complexity index is 881. The number of benzene rings is 2. The number of methoxy groups -OCH3 is 1. The standard InChI is InChI=1S/C21H22N2O3/c1-23(12-13-25-2)21(24)15-26-20-14-19(16-8-4-3-5-9-16)22-18-11-7-6-10-17(18)20/h3-11,14H,12-13,15H2,1-2H3. The number of nitrogens with zero attached hydrogens (tertiary/aromatic N) is 2. The molecular weight excluding hydrogens is 328 g/mol. The molecule has 5 heteroatoms. The van der Waals surface area contributed by atoms with Crippen molar-refractivity contribution in [2.75, 3.05) is 33.9 Å². The molecular formula is C21H22N2O3. The third-order valence-electron chi connectivity index (χ3n) is 4.16. The third-order valence-corrected chi connectivity index (χ3v) is 4.16. The summed E-state index contributed by atoms with van der Waals surface area (Å²) >= 11 is 0. The molecule has 0 aliphatic heterocycles. The van der Waals surface area contributed by atoms with E-state index in [4.69, 9.17) is 14.5 Å². The van der Waals surface area contributed by atoms with Crippen LogP contribution < -0.4 is 4.74 Å². The molecule has 0 saturated heterocycles. The molecule has 0 unspecified atom stereocenters. The molecule has 0 radical (unpaired) electrons. The maximum Gasteiger partial charge on any atom is 0.260 e. The van der Waals surface area contributed by atoms with Gasteiger partial charge in [-0.1, -0.05) is 42.5 Å². The number of carbonyl (C=O) groups is 1. The van der Waals surface area contributed by atoms with Crippen molar-refractivity contribution < 1.29 is 14.3 Å². The molecule has 0 saturated carbocycles. The zero-order chi connectivity index (χ0) is 18.4. The molecule has 1 aromatic heterocycles. The smallest absolute Gasteiger partial charge is 0.260 e. The number of rotatable bonds is 7. The minimum Gasteiger partial charge on any atom is -0.483 e. The molecule has 134 valence electrons. The van der Waals surface area contributed by atoms with Crippen LogP contribution in [-0.2, 0) is 9.53 Å². The fourth-order valence-electron chi connectivity index (χ4n) is 2.62. The second-order valence-electron chi connectivity index (χ2n) is 5.99. The Morgan fingerprint density at radius 3 is 2.58 bits per heavy atom. The van der Waals surface area contributed by atoms with Crippen molar-refractivity contribution >= 4 is 16.8 Å². The average Bonchev–Trinajstić information content (AvgIpc) is 2.70. The van der Waals surface area contributed by atoms with Gasteiger partial charge in [0.2, 0.25) is 0 Å². The second kappa shape index (κ2) is 8.45. The third kappa shape index (κ3) is 4.18. The van der Waals surface area contributed by atoms with Crippen molar-refractivity contribution in [1.29, 1.82) is 0 Å². The van der Waals surface area contributed by atoms with E-state index in [0.717, 1.165) is 22.2 Å². The number of para-hydroxylation sites is 1. The summed E-state index contributed by atoms with van der Waals surface area (Å²) in [6.07, 6.45) is 0. The normalized spacial score (nSPS) is 10.7. The molecule has 0 fully saturated rings. The summed E-state index contributed by atoms with van der Waals surface area (Å²) in [4.78, 5) is 18.6. The van der Waals surface area contributed by atoms with Crippen LogP contribution in [0.1, 0.15) is 0 Å². The second-order valence-corrected chi connectivity index (χ2v) is 5.99. The van der Waals surface area contributed by atoms with Gasteiger partial charge in [0.1, 0.15) is 5.75 Å². The molecule has 0 aliphatic carbocycles. The van der Waals surface area contributed by atoms with Crippen molar-refractivity contribution in [1.82, 2.24) is 9.88 Å². The van der Waals surface area contributed by atoms with Crippen LogP contribution in [0.2, 0.25) is 0 Å². The lowest BCUT2D eigenvalue weighted by Gasteiger charge is -2.17. The highest BCUT2D eigenvalue weighted by molar-refractivity contribution is 5.88. The predicted molar refractivity (Wildman–Crippen MR) is 102 cm³/mol. The molecule has 26 heavy (non-hydrogen) atoms. The largest absolute Gasteiger partial charge is 0.483 e. The van der Waals surface area contributed by atoms with E-state index < -0.39 is 0 Å². The van der Waals surface area contributed by atoms with Crippen LogP contribution in [0.25, 0.3) is 22.2 Å². The van der Waals surface area contributed by atoms with Crippen molar-refractivity contribution in [2.24, 2.45) is 0 Å². The number of aromatic nitrogens is 1. The lowest BCUT2D eigenvalue weighted by molar-refractivity contribution is -0.132. The Hall–Kier alpha value is -2.92. The monoisotopic (exact) mass is 350 g/mol. The first-order valence-electron chi connectivity index (χ1n) is 8.50. The van der Waals surface area contributed by atoms with Crippen molar-refractivity contribution in [3.05, 3.63) is 60.7 Å². The molecule has 0 spiro atoms.